The Bertz CT molecular complexity index is 1410. The predicted molar refractivity (Wildman–Crippen MR) is 166 cm³/mol. The molecular weight excluding hydrogens is 544 g/mol. The van der Waals surface area contributed by atoms with Gasteiger partial charge in [0.2, 0.25) is 0 Å². The zero-order valence-electron chi connectivity index (χ0n) is 28.0. The quantitative estimate of drug-likeness (QED) is 0.339. The van der Waals surface area contributed by atoms with E-state index in [1.165, 1.54) is 0 Å². The maximum absolute atomic E-state index is 13.1. The first-order chi connectivity index (χ1) is 19.8. The van der Waals surface area contributed by atoms with E-state index in [-0.39, 0.29) is 24.3 Å². The topological polar surface area (TPSA) is 86.1 Å². The summed E-state index contributed by atoms with van der Waals surface area (Å²) in [7, 11) is 0. The lowest BCUT2D eigenvalue weighted by molar-refractivity contribution is -0.0413. The number of amides is 2. The Kier molecular flexibility index (Phi) is 7.58. The smallest absolute Gasteiger partial charge is 0.410 e. The van der Waals surface area contributed by atoms with Crippen molar-refractivity contribution >= 4 is 12.2 Å². The maximum Gasteiger partial charge on any atom is 0.410 e. The normalized spacial score (nSPS) is 25.1. The highest BCUT2D eigenvalue weighted by molar-refractivity contribution is 5.75. The number of benzene rings is 1. The van der Waals surface area contributed by atoms with E-state index in [0.29, 0.717) is 25.9 Å². The van der Waals surface area contributed by atoms with E-state index in [0.717, 1.165) is 46.7 Å². The Hall–Kier alpha value is -3.23. The lowest BCUT2D eigenvalue weighted by Gasteiger charge is -2.47. The lowest BCUT2D eigenvalue weighted by Crippen LogP contribution is -2.54. The van der Waals surface area contributed by atoms with Crippen LogP contribution in [-0.2, 0) is 15.1 Å². The van der Waals surface area contributed by atoms with E-state index in [1.807, 2.05) is 51.3 Å². The second-order valence-corrected chi connectivity index (χ2v) is 15.4. The van der Waals surface area contributed by atoms with Crippen LogP contribution in [0.4, 0.5) is 9.59 Å². The molecule has 2 fully saturated rings. The summed E-state index contributed by atoms with van der Waals surface area (Å²) in [5, 5.41) is 5.31. The van der Waals surface area contributed by atoms with Gasteiger partial charge in [-0.15, -0.1) is 0 Å². The van der Waals surface area contributed by atoms with Crippen molar-refractivity contribution in [3.05, 3.63) is 35.0 Å². The van der Waals surface area contributed by atoms with Crippen LogP contribution in [0.15, 0.2) is 18.2 Å². The number of piperidine rings is 2. The SMILES string of the molecule is Cc1ccc2c(c1)O[C@@]1(CCN(C(=O)OC(C)(C)C)[C@@H](C)C1)c1c-2nn(C2CCN(C(=O)OC(C)(C)C)C(C)(C)C2)c1C. The van der Waals surface area contributed by atoms with E-state index >= 15 is 0 Å². The third kappa shape index (κ3) is 5.96. The van der Waals surface area contributed by atoms with Crippen LogP contribution in [0.5, 0.6) is 5.75 Å². The molecule has 1 aromatic heterocycles. The van der Waals surface area contributed by atoms with Gasteiger partial charge in [-0.2, -0.15) is 5.10 Å². The van der Waals surface area contributed by atoms with Crippen LogP contribution >= 0.6 is 0 Å². The highest BCUT2D eigenvalue weighted by Gasteiger charge is 2.51. The second kappa shape index (κ2) is 10.4. The minimum absolute atomic E-state index is 0.0819. The van der Waals surface area contributed by atoms with E-state index in [4.69, 9.17) is 19.3 Å². The lowest BCUT2D eigenvalue weighted by atomic mass is 9.77. The summed E-state index contributed by atoms with van der Waals surface area (Å²) >= 11 is 0. The van der Waals surface area contributed by atoms with E-state index in [9.17, 15) is 9.59 Å². The molecule has 5 rings (SSSR count). The number of hydrogen-bond donors (Lipinski definition) is 0. The zero-order valence-corrected chi connectivity index (χ0v) is 28.0. The summed E-state index contributed by atoms with van der Waals surface area (Å²) in [6, 6.07) is 6.35. The number of rotatable bonds is 1. The molecule has 4 heterocycles. The first kappa shape index (κ1) is 31.2. The summed E-state index contributed by atoms with van der Waals surface area (Å²) < 4.78 is 20.6. The zero-order chi connectivity index (χ0) is 31.7. The standard InChI is InChI=1S/C34H50N4O5/c1-21-12-13-25-26(18-21)41-34(15-17-36(22(2)19-34)29(39)42-31(4,5)6)27-23(3)38(35-28(25)27)24-14-16-37(33(10,11)20-24)30(40)43-32(7,8)9/h12-13,18,22,24H,14-17,19-20H2,1-11H3/t22-,24?,34+/m0/s1. The van der Waals surface area contributed by atoms with Crippen LogP contribution in [0.2, 0.25) is 0 Å². The van der Waals surface area contributed by atoms with Crippen molar-refractivity contribution in [2.75, 3.05) is 13.1 Å². The van der Waals surface area contributed by atoms with Gasteiger partial charge in [-0.05, 0) is 107 Å². The molecule has 2 amide bonds. The van der Waals surface area contributed by atoms with Gasteiger partial charge in [0, 0.05) is 54.3 Å². The van der Waals surface area contributed by atoms with Gasteiger partial charge in [0.1, 0.15) is 28.2 Å². The van der Waals surface area contributed by atoms with Gasteiger partial charge in [0.05, 0.1) is 6.04 Å². The molecule has 3 aliphatic heterocycles. The molecule has 236 valence electrons. The molecule has 9 heteroatoms. The summed E-state index contributed by atoms with van der Waals surface area (Å²) in [5.41, 5.74) is 3.19. The van der Waals surface area contributed by atoms with E-state index in [1.54, 1.807) is 0 Å². The molecule has 2 saturated heterocycles. The number of aryl methyl sites for hydroxylation is 1. The van der Waals surface area contributed by atoms with Gasteiger partial charge < -0.3 is 24.0 Å². The molecular formula is C34H50N4O5. The van der Waals surface area contributed by atoms with Crippen molar-refractivity contribution in [3.8, 4) is 17.0 Å². The van der Waals surface area contributed by atoms with Crippen LogP contribution in [0.3, 0.4) is 0 Å². The van der Waals surface area contributed by atoms with Crippen LogP contribution in [-0.4, -0.2) is 67.6 Å². The molecule has 43 heavy (non-hydrogen) atoms. The summed E-state index contributed by atoms with van der Waals surface area (Å²) in [4.78, 5) is 29.9. The van der Waals surface area contributed by atoms with Gasteiger partial charge in [-0.3, -0.25) is 4.68 Å². The summed E-state index contributed by atoms with van der Waals surface area (Å²) in [6.07, 6.45) is 2.27. The number of ether oxygens (including phenoxy) is 3. The Morgan fingerprint density at radius 3 is 2.23 bits per heavy atom. The number of fused-ring (bicyclic) bond motifs is 4. The molecule has 0 aliphatic carbocycles. The van der Waals surface area contributed by atoms with Crippen molar-refractivity contribution in [2.24, 2.45) is 0 Å². The van der Waals surface area contributed by atoms with E-state index in [2.05, 4.69) is 57.5 Å². The van der Waals surface area contributed by atoms with Gasteiger partial charge in [-0.25, -0.2) is 9.59 Å². The third-order valence-corrected chi connectivity index (χ3v) is 8.96. The minimum Gasteiger partial charge on any atom is -0.482 e. The van der Waals surface area contributed by atoms with Crippen LogP contribution in [0.25, 0.3) is 11.3 Å². The van der Waals surface area contributed by atoms with Gasteiger partial charge in [0.25, 0.3) is 0 Å². The Morgan fingerprint density at radius 2 is 1.63 bits per heavy atom. The number of hydrogen-bond acceptors (Lipinski definition) is 6. The fourth-order valence-corrected chi connectivity index (χ4v) is 7.14. The van der Waals surface area contributed by atoms with Crippen molar-refractivity contribution in [3.63, 3.8) is 0 Å². The molecule has 0 saturated carbocycles. The molecule has 1 aromatic carbocycles. The summed E-state index contributed by atoms with van der Waals surface area (Å²) in [6.45, 7) is 23.0. The molecule has 0 bridgehead atoms. The van der Waals surface area contributed by atoms with Gasteiger partial charge in [0.15, 0.2) is 0 Å². The van der Waals surface area contributed by atoms with Crippen LogP contribution in [0, 0.1) is 13.8 Å². The molecule has 1 unspecified atom stereocenters. The molecule has 3 atom stereocenters. The maximum atomic E-state index is 13.1. The Labute approximate surface area is 256 Å². The van der Waals surface area contributed by atoms with Crippen LogP contribution < -0.4 is 4.74 Å². The number of carbonyl (C=O) groups excluding carboxylic acids is 2. The number of aromatic nitrogens is 2. The first-order valence-corrected chi connectivity index (χ1v) is 15.7. The van der Waals surface area contributed by atoms with Crippen molar-refractivity contribution in [2.45, 2.75) is 136 Å². The molecule has 1 spiro atoms. The highest BCUT2D eigenvalue weighted by Crippen LogP contribution is 2.52. The second-order valence-electron chi connectivity index (χ2n) is 15.4. The molecule has 3 aliphatic rings. The van der Waals surface area contributed by atoms with Crippen molar-refractivity contribution in [1.82, 2.24) is 19.6 Å². The summed E-state index contributed by atoms with van der Waals surface area (Å²) in [5.74, 6) is 0.843. The van der Waals surface area contributed by atoms with Crippen LogP contribution in [0.1, 0.15) is 111 Å². The molecule has 0 N–H and O–H groups in total. The van der Waals surface area contributed by atoms with Crippen molar-refractivity contribution in [1.29, 1.82) is 0 Å². The Morgan fingerprint density at radius 1 is 0.977 bits per heavy atom. The number of carbonyl (C=O) groups is 2. The van der Waals surface area contributed by atoms with Gasteiger partial charge in [-0.1, -0.05) is 6.07 Å². The average Bonchev–Trinajstić information content (AvgIpc) is 3.19. The predicted octanol–water partition coefficient (Wildman–Crippen LogP) is 7.52. The Balaban J connectivity index is 1.49. The third-order valence-electron chi connectivity index (χ3n) is 8.96. The average molecular weight is 595 g/mol. The fourth-order valence-electron chi connectivity index (χ4n) is 7.14. The monoisotopic (exact) mass is 594 g/mol. The van der Waals surface area contributed by atoms with Crippen molar-refractivity contribution < 1.29 is 23.8 Å². The number of nitrogens with zero attached hydrogens (tertiary/aromatic N) is 4. The molecule has 0 radical (unpaired) electrons. The first-order valence-electron chi connectivity index (χ1n) is 15.7. The molecule has 2 aromatic rings. The fraction of sp³-hybridized carbons (Fsp3) is 0.676. The molecule has 9 nitrogen and oxygen atoms in total. The highest BCUT2D eigenvalue weighted by atomic mass is 16.6. The van der Waals surface area contributed by atoms with E-state index < -0.39 is 22.3 Å². The minimum atomic E-state index is -0.608. The number of likely N-dealkylation sites (tertiary alicyclic amines) is 2. The van der Waals surface area contributed by atoms with Gasteiger partial charge >= 0.3 is 12.2 Å². The largest absolute Gasteiger partial charge is 0.482 e.